The lowest BCUT2D eigenvalue weighted by Crippen LogP contribution is -2.25. The molecule has 1 saturated carbocycles. The van der Waals surface area contributed by atoms with Crippen molar-refractivity contribution in [2.75, 3.05) is 18.9 Å². The molecule has 0 bridgehead atoms. The first-order chi connectivity index (χ1) is 7.33. The molecule has 1 fully saturated rings. The smallest absolute Gasteiger partial charge is 0.125 e. The average Bonchev–Trinajstić information content (AvgIpc) is 3.10. The van der Waals surface area contributed by atoms with Crippen LogP contribution >= 0.6 is 0 Å². The van der Waals surface area contributed by atoms with Crippen molar-refractivity contribution in [3.05, 3.63) is 23.9 Å². The molecule has 0 aromatic carbocycles. The Kier molecular flexibility index (Phi) is 3.21. The molecule has 0 atom stereocenters. The molecule has 1 aliphatic carbocycles. The van der Waals surface area contributed by atoms with Crippen molar-refractivity contribution in [2.45, 2.75) is 32.4 Å². The fourth-order valence-electron chi connectivity index (χ4n) is 1.88. The molecule has 1 aromatic rings. The van der Waals surface area contributed by atoms with Crippen LogP contribution < -0.4 is 5.32 Å². The van der Waals surface area contributed by atoms with Crippen LogP contribution in [0.25, 0.3) is 0 Å². The maximum absolute atomic E-state index is 4.22. The summed E-state index contributed by atoms with van der Waals surface area (Å²) in [6.07, 6.45) is 4.62. The molecule has 0 spiro atoms. The summed E-state index contributed by atoms with van der Waals surface area (Å²) < 4.78 is 0. The molecule has 1 N–H and O–H groups in total. The number of rotatable bonds is 5. The summed E-state index contributed by atoms with van der Waals surface area (Å²) >= 11 is 0. The lowest BCUT2D eigenvalue weighted by atomic mass is 10.2. The van der Waals surface area contributed by atoms with E-state index in [1.54, 1.807) is 0 Å². The lowest BCUT2D eigenvalue weighted by Gasteiger charge is -2.19. The van der Waals surface area contributed by atoms with Crippen molar-refractivity contribution >= 4 is 5.82 Å². The van der Waals surface area contributed by atoms with E-state index in [1.165, 1.54) is 18.4 Å². The van der Waals surface area contributed by atoms with Crippen molar-refractivity contribution in [1.82, 2.24) is 9.88 Å². The van der Waals surface area contributed by atoms with Gasteiger partial charge in [-0.3, -0.25) is 4.90 Å². The van der Waals surface area contributed by atoms with Crippen LogP contribution in [0, 0.1) is 0 Å². The Morgan fingerprint density at radius 2 is 2.33 bits per heavy atom. The zero-order valence-corrected chi connectivity index (χ0v) is 9.53. The van der Waals surface area contributed by atoms with Gasteiger partial charge in [0.15, 0.2) is 0 Å². The van der Waals surface area contributed by atoms with Crippen LogP contribution in [0.2, 0.25) is 0 Å². The highest BCUT2D eigenvalue weighted by atomic mass is 15.2. The Labute approximate surface area is 91.5 Å². The van der Waals surface area contributed by atoms with Crippen molar-refractivity contribution in [1.29, 1.82) is 0 Å². The number of pyridine rings is 1. The zero-order chi connectivity index (χ0) is 10.7. The van der Waals surface area contributed by atoms with Gasteiger partial charge in [-0.1, -0.05) is 6.92 Å². The van der Waals surface area contributed by atoms with Crippen LogP contribution in [0.4, 0.5) is 5.82 Å². The lowest BCUT2D eigenvalue weighted by molar-refractivity contribution is 0.269. The van der Waals surface area contributed by atoms with Crippen molar-refractivity contribution in [3.63, 3.8) is 0 Å². The zero-order valence-electron chi connectivity index (χ0n) is 9.53. The SMILES string of the molecule is CCN(Cc1ccnc(NC)c1)C1CC1. The molecule has 1 aliphatic rings. The molecule has 3 heteroatoms. The molecule has 1 aromatic heterocycles. The minimum atomic E-state index is 0.834. The highest BCUT2D eigenvalue weighted by Gasteiger charge is 2.27. The monoisotopic (exact) mass is 205 g/mol. The second kappa shape index (κ2) is 4.62. The maximum atomic E-state index is 4.22. The fraction of sp³-hybridized carbons (Fsp3) is 0.583. The number of hydrogen-bond donors (Lipinski definition) is 1. The highest BCUT2D eigenvalue weighted by Crippen LogP contribution is 2.27. The van der Waals surface area contributed by atoms with E-state index in [9.17, 15) is 0 Å². The second-order valence-corrected chi connectivity index (χ2v) is 4.09. The summed E-state index contributed by atoms with van der Waals surface area (Å²) in [6.45, 7) is 4.43. The molecule has 2 rings (SSSR count). The number of anilines is 1. The Bertz CT molecular complexity index is 320. The summed E-state index contributed by atoms with van der Waals surface area (Å²) in [7, 11) is 1.91. The third-order valence-electron chi connectivity index (χ3n) is 2.94. The van der Waals surface area contributed by atoms with Crippen molar-refractivity contribution in [3.8, 4) is 0 Å². The van der Waals surface area contributed by atoms with Gasteiger partial charge in [0, 0.05) is 25.8 Å². The Morgan fingerprint density at radius 3 is 2.93 bits per heavy atom. The topological polar surface area (TPSA) is 28.2 Å². The number of aromatic nitrogens is 1. The maximum Gasteiger partial charge on any atom is 0.125 e. The van der Waals surface area contributed by atoms with Gasteiger partial charge >= 0.3 is 0 Å². The standard InChI is InChI=1S/C12H19N3/c1-3-15(11-4-5-11)9-10-6-7-14-12(8-10)13-2/h6-8,11H,3-5,9H2,1-2H3,(H,13,14). The summed E-state index contributed by atoms with van der Waals surface area (Å²) in [6, 6.07) is 5.07. The average molecular weight is 205 g/mol. The summed E-state index contributed by atoms with van der Waals surface area (Å²) in [4.78, 5) is 6.76. The first-order valence-corrected chi connectivity index (χ1v) is 5.70. The van der Waals surface area contributed by atoms with E-state index >= 15 is 0 Å². The van der Waals surface area contributed by atoms with Crippen molar-refractivity contribution < 1.29 is 0 Å². The molecule has 82 valence electrons. The molecule has 3 nitrogen and oxygen atoms in total. The third kappa shape index (κ3) is 2.69. The van der Waals surface area contributed by atoms with Crippen LogP contribution in [0.5, 0.6) is 0 Å². The molecule has 0 radical (unpaired) electrons. The quantitative estimate of drug-likeness (QED) is 0.798. The Balaban J connectivity index is 2.01. The van der Waals surface area contributed by atoms with Gasteiger partial charge in [-0.05, 0) is 37.1 Å². The minimum absolute atomic E-state index is 0.834. The largest absolute Gasteiger partial charge is 0.373 e. The van der Waals surface area contributed by atoms with Gasteiger partial charge in [-0.15, -0.1) is 0 Å². The molecule has 0 aliphatic heterocycles. The number of nitrogens with one attached hydrogen (secondary N) is 1. The summed E-state index contributed by atoms with van der Waals surface area (Å²) in [5.74, 6) is 0.958. The predicted molar refractivity (Wildman–Crippen MR) is 62.9 cm³/mol. The Morgan fingerprint density at radius 1 is 1.53 bits per heavy atom. The van der Waals surface area contributed by atoms with E-state index in [2.05, 4.69) is 34.3 Å². The summed E-state index contributed by atoms with van der Waals surface area (Å²) in [5.41, 5.74) is 1.35. The van der Waals surface area contributed by atoms with Gasteiger partial charge in [0.1, 0.15) is 5.82 Å². The molecule has 15 heavy (non-hydrogen) atoms. The van der Waals surface area contributed by atoms with Gasteiger partial charge < -0.3 is 5.32 Å². The molecule has 0 amide bonds. The normalized spacial score (nSPS) is 15.7. The van der Waals surface area contributed by atoms with Crippen LogP contribution in [-0.4, -0.2) is 29.5 Å². The highest BCUT2D eigenvalue weighted by molar-refractivity contribution is 5.36. The van der Waals surface area contributed by atoms with E-state index in [1.807, 2.05) is 13.2 Å². The molecule has 0 saturated heterocycles. The van der Waals surface area contributed by atoms with Crippen molar-refractivity contribution in [2.24, 2.45) is 0 Å². The van der Waals surface area contributed by atoms with Crippen LogP contribution in [0.3, 0.4) is 0 Å². The molecular formula is C12H19N3. The van der Waals surface area contributed by atoms with Gasteiger partial charge in [0.05, 0.1) is 0 Å². The summed E-state index contributed by atoms with van der Waals surface area (Å²) in [5, 5.41) is 3.07. The van der Waals surface area contributed by atoms with E-state index in [0.29, 0.717) is 0 Å². The van der Waals surface area contributed by atoms with Gasteiger partial charge in [0.2, 0.25) is 0 Å². The van der Waals surface area contributed by atoms with E-state index in [0.717, 1.165) is 24.9 Å². The number of nitrogens with zero attached hydrogens (tertiary/aromatic N) is 2. The molecular weight excluding hydrogens is 186 g/mol. The first kappa shape index (κ1) is 10.4. The fourth-order valence-corrected chi connectivity index (χ4v) is 1.88. The third-order valence-corrected chi connectivity index (χ3v) is 2.94. The first-order valence-electron chi connectivity index (χ1n) is 5.70. The minimum Gasteiger partial charge on any atom is -0.373 e. The Hall–Kier alpha value is -1.09. The van der Waals surface area contributed by atoms with Crippen LogP contribution in [0.15, 0.2) is 18.3 Å². The number of hydrogen-bond acceptors (Lipinski definition) is 3. The van der Waals surface area contributed by atoms with E-state index in [-0.39, 0.29) is 0 Å². The predicted octanol–water partition coefficient (Wildman–Crippen LogP) is 2.11. The molecule has 0 unspecified atom stereocenters. The van der Waals surface area contributed by atoms with Gasteiger partial charge in [0.25, 0.3) is 0 Å². The van der Waals surface area contributed by atoms with Gasteiger partial charge in [-0.25, -0.2) is 4.98 Å². The van der Waals surface area contributed by atoms with Gasteiger partial charge in [-0.2, -0.15) is 0 Å². The molecule has 1 heterocycles. The second-order valence-electron chi connectivity index (χ2n) is 4.09. The van der Waals surface area contributed by atoms with Crippen LogP contribution in [0.1, 0.15) is 25.3 Å². The van der Waals surface area contributed by atoms with E-state index in [4.69, 9.17) is 0 Å². The van der Waals surface area contributed by atoms with Crippen LogP contribution in [-0.2, 0) is 6.54 Å². The van der Waals surface area contributed by atoms with E-state index < -0.39 is 0 Å².